The Labute approximate surface area is 474 Å². The first-order valence-corrected chi connectivity index (χ1v) is 27.2. The molecule has 10 N–H and O–H groups in total. The van der Waals surface area contributed by atoms with E-state index in [1.807, 2.05) is 66.9 Å². The minimum atomic E-state index is -0.474. The van der Waals surface area contributed by atoms with E-state index in [9.17, 15) is 9.59 Å². The molecule has 2 saturated heterocycles. The fourth-order valence-electron chi connectivity index (χ4n) is 9.35. The lowest BCUT2D eigenvalue weighted by atomic mass is 9.62. The third-order valence-corrected chi connectivity index (χ3v) is 13.4. The average Bonchev–Trinajstić information content (AvgIpc) is 2.86. The maximum absolute atomic E-state index is 11.9. The minimum Gasteiger partial charge on any atom is -0.494 e. The number of methoxy groups -OCH3 is 1. The summed E-state index contributed by atoms with van der Waals surface area (Å²) in [5, 5.41) is 0. The Morgan fingerprint density at radius 2 is 0.988 bits per heavy atom. The van der Waals surface area contributed by atoms with Gasteiger partial charge in [0.2, 0.25) is 0 Å². The molecule has 4 fully saturated rings. The van der Waals surface area contributed by atoms with Crippen LogP contribution in [0.1, 0.15) is 98.0 Å². The molecular weight excluding hydrogens is 1040 g/mol. The Kier molecular flexibility index (Phi) is 20.1. The van der Waals surface area contributed by atoms with Crippen LogP contribution in [0.3, 0.4) is 0 Å². The number of nitrogen functional groups attached to an aromatic ring is 5. The number of anilines is 5. The summed E-state index contributed by atoms with van der Waals surface area (Å²) in [5.74, 6) is 4.53. The van der Waals surface area contributed by atoms with Crippen molar-refractivity contribution in [1.82, 2.24) is 44.3 Å². The molecule has 0 aromatic carbocycles. The number of pyridine rings is 5. The number of aryl methyl sites for hydroxylation is 1. The van der Waals surface area contributed by atoms with Crippen LogP contribution in [0.15, 0.2) is 98.5 Å². The van der Waals surface area contributed by atoms with Gasteiger partial charge in [-0.3, -0.25) is 24.9 Å². The summed E-state index contributed by atoms with van der Waals surface area (Å²) in [4.78, 5) is 51.0. The van der Waals surface area contributed by atoms with Crippen molar-refractivity contribution in [2.45, 2.75) is 142 Å². The van der Waals surface area contributed by atoms with Crippen molar-refractivity contribution >= 4 is 40.6 Å². The fraction of sp³-hybridized carbons (Fsp3) is 0.483. The predicted molar refractivity (Wildman–Crippen MR) is 308 cm³/mol. The lowest BCUT2D eigenvalue weighted by Crippen LogP contribution is -2.66. The number of likely N-dealkylation sites (tertiary alicyclic amines) is 2. The fourth-order valence-corrected chi connectivity index (χ4v) is 9.35. The van der Waals surface area contributed by atoms with E-state index in [2.05, 4.69) is 34.5 Å². The number of amides is 2. The number of carbonyl (C=O) groups is 2. The summed E-state index contributed by atoms with van der Waals surface area (Å²) in [6.07, 6.45) is 27.4. The third kappa shape index (κ3) is 18.0. The summed E-state index contributed by atoms with van der Waals surface area (Å²) in [6.45, 7) is 16.4. The van der Waals surface area contributed by atoms with E-state index in [0.29, 0.717) is 70.6 Å². The Hall–Kier alpha value is -8.50. The molecule has 1 atom stereocenters. The number of nitrogens with zero attached hydrogens (tertiary/aromatic N) is 9. The van der Waals surface area contributed by atoms with Crippen LogP contribution < -0.4 is 52.4 Å². The van der Waals surface area contributed by atoms with Crippen LogP contribution in [-0.2, 0) is 22.4 Å². The zero-order valence-electron chi connectivity index (χ0n) is 47.8. The number of hydrogen-bond donors (Lipinski definition) is 5. The molecule has 23 nitrogen and oxygen atoms in total. The average molecular weight is 1120 g/mol. The van der Waals surface area contributed by atoms with E-state index in [4.69, 9.17) is 61.8 Å². The van der Waals surface area contributed by atoms with Crippen molar-refractivity contribution in [2.24, 2.45) is 5.41 Å². The van der Waals surface area contributed by atoms with Crippen LogP contribution in [0.25, 0.3) is 0 Å². The third-order valence-electron chi connectivity index (χ3n) is 13.4. The number of ether oxygens (including phenoxy) is 7. The molecule has 0 unspecified atom stereocenters. The van der Waals surface area contributed by atoms with Gasteiger partial charge in [-0.2, -0.15) is 0 Å². The summed E-state index contributed by atoms with van der Waals surface area (Å²) in [6, 6.07) is 8.93. The maximum Gasteiger partial charge on any atom is 0.410 e. The molecule has 0 bridgehead atoms. The van der Waals surface area contributed by atoms with E-state index in [0.717, 1.165) is 69.0 Å². The molecule has 6 aromatic heterocycles. The van der Waals surface area contributed by atoms with Crippen molar-refractivity contribution in [2.75, 3.05) is 62.0 Å². The van der Waals surface area contributed by atoms with Crippen LogP contribution >= 0.6 is 0 Å². The van der Waals surface area contributed by atoms with Crippen molar-refractivity contribution in [1.29, 1.82) is 0 Å². The van der Waals surface area contributed by atoms with Crippen molar-refractivity contribution in [3.63, 3.8) is 0 Å². The van der Waals surface area contributed by atoms with Crippen molar-refractivity contribution in [3.05, 3.63) is 110 Å². The quantitative estimate of drug-likeness (QED) is 0.0908. The maximum atomic E-state index is 11.9. The number of imidazole rings is 1. The predicted octanol–water partition coefficient (Wildman–Crippen LogP) is 8.32. The smallest absolute Gasteiger partial charge is 0.410 e. The van der Waals surface area contributed by atoms with Crippen LogP contribution in [0, 0.1) is 12.3 Å². The Bertz CT molecular complexity index is 2960. The molecule has 81 heavy (non-hydrogen) atoms. The first-order valence-electron chi connectivity index (χ1n) is 27.2. The molecule has 6 aromatic rings. The number of fused-ring (bicyclic) bond motifs is 1. The van der Waals surface area contributed by atoms with Gasteiger partial charge in [0.15, 0.2) is 0 Å². The molecule has 9 heterocycles. The van der Waals surface area contributed by atoms with Crippen molar-refractivity contribution in [3.8, 4) is 28.7 Å². The highest BCUT2D eigenvalue weighted by atomic mass is 16.6. The van der Waals surface area contributed by atoms with Gasteiger partial charge < -0.3 is 76.2 Å². The molecule has 436 valence electrons. The molecule has 3 aliphatic heterocycles. The number of carbonyl (C=O) groups excluding carboxylic acids is 2. The normalized spacial score (nSPS) is 17.1. The van der Waals surface area contributed by atoms with E-state index in [-0.39, 0.29) is 35.9 Å². The Morgan fingerprint density at radius 3 is 1.43 bits per heavy atom. The molecule has 1 spiro atoms. The summed E-state index contributed by atoms with van der Waals surface area (Å²) < 4.78 is 40.9. The first-order chi connectivity index (χ1) is 38.5. The number of hydrogen-bond acceptors (Lipinski definition) is 20. The number of rotatable bonds is 9. The molecule has 2 aliphatic carbocycles. The molecule has 0 radical (unpaired) electrons. The highest BCUT2D eigenvalue weighted by molar-refractivity contribution is 5.70. The highest BCUT2D eigenvalue weighted by Gasteiger charge is 2.55. The van der Waals surface area contributed by atoms with E-state index in [1.54, 1.807) is 96.9 Å². The van der Waals surface area contributed by atoms with Gasteiger partial charge in [-0.25, -0.2) is 14.6 Å². The standard InChI is InChI=1S/C16H23N3O3.C13H19N3O3.C11H12N4O.C11H16N2O.C7H10N2O/c1-15(2,3)22-14(20)19-9-16(10-19)6-11(7-16)21-13-4-5-18-8-12(13)17;1-13(2,3)19-12(17)16-7-9(8-16)18-11-4-5-15-6-10(11)14;12-9-6-13-2-1-10(9)16-8-5-11-14-3-4-15(11)7-8;12-10-8-13-7-6-11(10)14-9-4-2-1-3-5-9;1-5-3-7(10-2)6(8)4-9-5/h4-5,8,11H,6-7,9-10,17H2,1-3H3;4-6,9H,7-8,14H2,1-3H3;1-4,6,8H,5,7,12H2;6-9H,1-5,12H2;3-4H,8H2,1-2H3/t;;8-;;/m..1../s1. The number of nitrogens with two attached hydrogens (primary N) is 5. The second-order valence-corrected chi connectivity index (χ2v) is 22.6. The molecule has 2 saturated carbocycles. The molecule has 11 rings (SSSR count). The summed E-state index contributed by atoms with van der Waals surface area (Å²) in [5.41, 5.74) is 31.6. The van der Waals surface area contributed by atoms with Gasteiger partial charge in [-0.15, -0.1) is 0 Å². The second-order valence-electron chi connectivity index (χ2n) is 22.6. The van der Waals surface area contributed by atoms with Gasteiger partial charge in [-0.05, 0) is 87.0 Å². The Balaban J connectivity index is 0.000000149. The lowest BCUT2D eigenvalue weighted by Gasteiger charge is -2.58. The SMILES string of the molecule is CC(C)(C)OC(=O)N1CC(Oc2ccncc2N)C1.CC(C)(C)OC(=O)N1CC2(CC(Oc3ccncc3N)C2)C1.COc1cc(C)ncc1N.Nc1cnccc1OC1CCCCC1.Nc1cnccc1O[C@@H]1Cc2nccn2C1. The highest BCUT2D eigenvalue weighted by Crippen LogP contribution is 2.50. The second kappa shape index (κ2) is 27.1. The monoisotopic (exact) mass is 1120 g/mol. The van der Waals surface area contributed by atoms with E-state index >= 15 is 0 Å². The van der Waals surface area contributed by atoms with Gasteiger partial charge in [0, 0.05) is 98.1 Å². The van der Waals surface area contributed by atoms with Gasteiger partial charge >= 0.3 is 12.2 Å². The van der Waals surface area contributed by atoms with E-state index in [1.165, 1.54) is 19.3 Å². The lowest BCUT2D eigenvalue weighted by molar-refractivity contribution is -0.116. The van der Waals surface area contributed by atoms with Gasteiger partial charge in [0.25, 0.3) is 0 Å². The van der Waals surface area contributed by atoms with E-state index < -0.39 is 11.2 Å². The topological polar surface area (TPSA) is 318 Å². The zero-order valence-corrected chi connectivity index (χ0v) is 47.8. The molecular formula is C58H80N14O9. The first kappa shape index (κ1) is 60.1. The molecule has 5 aliphatic rings. The van der Waals surface area contributed by atoms with Crippen LogP contribution in [0.2, 0.25) is 0 Å². The molecule has 2 amide bonds. The minimum absolute atomic E-state index is 0.0442. The summed E-state index contributed by atoms with van der Waals surface area (Å²) in [7, 11) is 1.59. The summed E-state index contributed by atoms with van der Waals surface area (Å²) >= 11 is 0. The van der Waals surface area contributed by atoms with Crippen LogP contribution in [0.5, 0.6) is 28.7 Å². The van der Waals surface area contributed by atoms with Gasteiger partial charge in [0.05, 0.1) is 92.3 Å². The largest absolute Gasteiger partial charge is 0.494 e. The Morgan fingerprint density at radius 1 is 0.543 bits per heavy atom. The van der Waals surface area contributed by atoms with Crippen molar-refractivity contribution < 1.29 is 42.7 Å². The van der Waals surface area contributed by atoms with Crippen LogP contribution in [-0.4, -0.2) is 125 Å². The van der Waals surface area contributed by atoms with Gasteiger partial charge in [0.1, 0.15) is 64.1 Å². The number of aromatic nitrogens is 7. The van der Waals surface area contributed by atoms with Crippen LogP contribution in [0.4, 0.5) is 38.0 Å². The molecule has 23 heteroatoms. The van der Waals surface area contributed by atoms with Gasteiger partial charge in [-0.1, -0.05) is 6.42 Å². The zero-order chi connectivity index (χ0) is 58.3.